The molecule has 25 heavy (non-hydrogen) atoms. The Morgan fingerprint density at radius 3 is 2.44 bits per heavy atom. The third-order valence-electron chi connectivity index (χ3n) is 5.50. The molecule has 0 bridgehead atoms. The molecule has 0 spiro atoms. The fraction of sp³-hybridized carbons (Fsp3) is 0.409. The Hall–Kier alpha value is -2.13. The molecule has 2 aliphatic rings. The number of methoxy groups -OCH3 is 1. The van der Waals surface area contributed by atoms with Gasteiger partial charge in [-0.3, -0.25) is 4.90 Å². The number of hydrogen-bond acceptors (Lipinski definition) is 3. The van der Waals surface area contributed by atoms with Crippen LogP contribution in [0.3, 0.4) is 0 Å². The summed E-state index contributed by atoms with van der Waals surface area (Å²) in [7, 11) is 1.42. The zero-order valence-electron chi connectivity index (χ0n) is 14.8. The molecule has 1 saturated heterocycles. The predicted molar refractivity (Wildman–Crippen MR) is 98.6 cm³/mol. The van der Waals surface area contributed by atoms with Gasteiger partial charge in [-0.25, -0.2) is 4.79 Å². The fourth-order valence-electron chi connectivity index (χ4n) is 4.05. The Morgan fingerprint density at radius 2 is 1.76 bits per heavy atom. The number of esters is 1. The van der Waals surface area contributed by atoms with Crippen molar-refractivity contribution in [2.24, 2.45) is 0 Å². The van der Waals surface area contributed by atoms with Gasteiger partial charge in [0.15, 0.2) is 0 Å². The molecule has 2 aromatic rings. The summed E-state index contributed by atoms with van der Waals surface area (Å²) in [5.74, 6) is 0.516. The number of nitrogens with zero attached hydrogens (tertiary/aromatic N) is 1. The van der Waals surface area contributed by atoms with Crippen LogP contribution in [0.25, 0.3) is 0 Å². The van der Waals surface area contributed by atoms with Crippen molar-refractivity contribution in [3.8, 4) is 0 Å². The van der Waals surface area contributed by atoms with E-state index in [0.29, 0.717) is 11.6 Å². The highest BCUT2D eigenvalue weighted by Crippen LogP contribution is 2.45. The minimum atomic E-state index is -0.274. The first-order chi connectivity index (χ1) is 12.3. The largest absolute Gasteiger partial charge is 0.465 e. The zero-order chi connectivity index (χ0) is 17.2. The molecule has 3 heteroatoms. The summed E-state index contributed by atoms with van der Waals surface area (Å²) in [4.78, 5) is 14.2. The summed E-state index contributed by atoms with van der Waals surface area (Å²) >= 11 is 0. The number of hydrogen-bond donors (Lipinski definition) is 0. The van der Waals surface area contributed by atoms with Gasteiger partial charge >= 0.3 is 5.97 Å². The molecular formula is C22H25NO2. The summed E-state index contributed by atoms with van der Waals surface area (Å²) in [6, 6.07) is 17.4. The van der Waals surface area contributed by atoms with Crippen LogP contribution in [0, 0.1) is 0 Å². The van der Waals surface area contributed by atoms with Gasteiger partial charge < -0.3 is 4.74 Å². The van der Waals surface area contributed by atoms with Crippen LogP contribution in [0.4, 0.5) is 0 Å². The molecule has 1 atom stereocenters. The molecule has 130 valence electrons. The minimum absolute atomic E-state index is 0.274. The maximum atomic E-state index is 11.6. The van der Waals surface area contributed by atoms with Gasteiger partial charge in [0, 0.05) is 12.6 Å². The van der Waals surface area contributed by atoms with E-state index in [4.69, 9.17) is 4.74 Å². The lowest BCUT2D eigenvalue weighted by atomic mass is 9.95. The molecule has 1 unspecified atom stereocenters. The highest BCUT2D eigenvalue weighted by molar-refractivity contribution is 5.89. The molecule has 3 nitrogen and oxygen atoms in total. The lowest BCUT2D eigenvalue weighted by Crippen LogP contribution is -2.23. The maximum Gasteiger partial charge on any atom is 0.337 e. The molecular weight excluding hydrogens is 310 g/mol. The molecule has 0 N–H and O–H groups in total. The van der Waals surface area contributed by atoms with Crippen molar-refractivity contribution < 1.29 is 9.53 Å². The highest BCUT2D eigenvalue weighted by Gasteiger charge is 2.32. The van der Waals surface area contributed by atoms with Gasteiger partial charge in [-0.05, 0) is 67.0 Å². The molecule has 1 saturated carbocycles. The summed E-state index contributed by atoms with van der Waals surface area (Å²) in [5.41, 5.74) is 4.97. The number of rotatable bonds is 5. The normalized spacial score (nSPS) is 20.6. The zero-order valence-corrected chi connectivity index (χ0v) is 14.8. The Labute approximate surface area is 149 Å². The van der Waals surface area contributed by atoms with Crippen molar-refractivity contribution in [1.82, 2.24) is 4.90 Å². The van der Waals surface area contributed by atoms with E-state index in [1.165, 1.54) is 43.9 Å². The van der Waals surface area contributed by atoms with Gasteiger partial charge in [-0.15, -0.1) is 0 Å². The molecule has 0 amide bonds. The highest BCUT2D eigenvalue weighted by atomic mass is 16.5. The topological polar surface area (TPSA) is 29.5 Å². The smallest absolute Gasteiger partial charge is 0.337 e. The maximum absolute atomic E-state index is 11.6. The van der Waals surface area contributed by atoms with E-state index in [-0.39, 0.29) is 5.97 Å². The van der Waals surface area contributed by atoms with Crippen LogP contribution in [-0.2, 0) is 11.3 Å². The third-order valence-corrected chi connectivity index (χ3v) is 5.50. The Morgan fingerprint density at radius 1 is 1.04 bits per heavy atom. The standard InChI is InChI=1S/C22H25NO2/c1-25-22(24)18-10-8-16(9-11-18)15-23-14-4-7-21(23)20-6-3-2-5-19(20)17-12-13-17/h2-3,5-6,8-11,17,21H,4,7,12-15H2,1H3. The summed E-state index contributed by atoms with van der Waals surface area (Å²) in [5, 5.41) is 0. The molecule has 0 aromatic heterocycles. The molecule has 0 radical (unpaired) electrons. The molecule has 4 rings (SSSR count). The summed E-state index contributed by atoms with van der Waals surface area (Å²) < 4.78 is 4.78. The SMILES string of the molecule is COC(=O)c1ccc(CN2CCCC2c2ccccc2C2CC2)cc1. The van der Waals surface area contributed by atoms with Crippen LogP contribution >= 0.6 is 0 Å². The van der Waals surface area contributed by atoms with E-state index in [1.54, 1.807) is 5.56 Å². The molecule has 1 aliphatic heterocycles. The van der Waals surface area contributed by atoms with E-state index < -0.39 is 0 Å². The number of ether oxygens (including phenoxy) is 1. The van der Waals surface area contributed by atoms with Crippen molar-refractivity contribution in [3.63, 3.8) is 0 Å². The van der Waals surface area contributed by atoms with E-state index in [1.807, 2.05) is 12.1 Å². The van der Waals surface area contributed by atoms with Crippen LogP contribution in [-0.4, -0.2) is 24.5 Å². The van der Waals surface area contributed by atoms with Crippen molar-refractivity contribution in [3.05, 3.63) is 70.8 Å². The molecule has 2 aromatic carbocycles. The van der Waals surface area contributed by atoms with Gasteiger partial charge in [-0.2, -0.15) is 0 Å². The number of carbonyl (C=O) groups excluding carboxylic acids is 1. The quantitative estimate of drug-likeness (QED) is 0.743. The van der Waals surface area contributed by atoms with Crippen LogP contribution in [0.1, 0.15) is 64.7 Å². The van der Waals surface area contributed by atoms with Crippen molar-refractivity contribution in [1.29, 1.82) is 0 Å². The average molecular weight is 335 g/mol. The van der Waals surface area contributed by atoms with Crippen LogP contribution in [0.5, 0.6) is 0 Å². The van der Waals surface area contributed by atoms with Crippen molar-refractivity contribution in [2.45, 2.75) is 44.2 Å². The third kappa shape index (κ3) is 3.47. The van der Waals surface area contributed by atoms with Gasteiger partial charge in [-0.1, -0.05) is 36.4 Å². The Balaban J connectivity index is 1.51. The summed E-state index contributed by atoms with van der Waals surface area (Å²) in [6.07, 6.45) is 5.19. The van der Waals surface area contributed by atoms with Gasteiger partial charge in [0.2, 0.25) is 0 Å². The van der Waals surface area contributed by atoms with E-state index in [0.717, 1.165) is 19.0 Å². The first kappa shape index (κ1) is 16.3. The van der Waals surface area contributed by atoms with Gasteiger partial charge in [0.25, 0.3) is 0 Å². The first-order valence-electron chi connectivity index (χ1n) is 9.26. The number of benzene rings is 2. The average Bonchev–Trinajstić information content (AvgIpc) is 3.41. The lowest BCUT2D eigenvalue weighted by molar-refractivity contribution is 0.0600. The second kappa shape index (κ2) is 7.01. The van der Waals surface area contributed by atoms with Gasteiger partial charge in [0.1, 0.15) is 0 Å². The van der Waals surface area contributed by atoms with E-state index in [2.05, 4.69) is 41.3 Å². The fourth-order valence-corrected chi connectivity index (χ4v) is 4.05. The Bertz CT molecular complexity index is 749. The summed E-state index contributed by atoms with van der Waals surface area (Å²) in [6.45, 7) is 2.08. The molecule has 1 aliphatic carbocycles. The minimum Gasteiger partial charge on any atom is -0.465 e. The number of carbonyl (C=O) groups is 1. The molecule has 2 fully saturated rings. The Kier molecular flexibility index (Phi) is 4.58. The second-order valence-electron chi connectivity index (χ2n) is 7.22. The molecule has 1 heterocycles. The van der Waals surface area contributed by atoms with Crippen LogP contribution < -0.4 is 0 Å². The monoisotopic (exact) mass is 335 g/mol. The van der Waals surface area contributed by atoms with E-state index >= 15 is 0 Å². The van der Waals surface area contributed by atoms with Crippen LogP contribution in [0.2, 0.25) is 0 Å². The first-order valence-corrected chi connectivity index (χ1v) is 9.26. The predicted octanol–water partition coefficient (Wildman–Crippen LogP) is 4.69. The number of likely N-dealkylation sites (tertiary alicyclic amines) is 1. The van der Waals surface area contributed by atoms with E-state index in [9.17, 15) is 4.79 Å². The lowest BCUT2D eigenvalue weighted by Gasteiger charge is -2.27. The van der Waals surface area contributed by atoms with Gasteiger partial charge in [0.05, 0.1) is 12.7 Å². The van der Waals surface area contributed by atoms with Crippen molar-refractivity contribution in [2.75, 3.05) is 13.7 Å². The second-order valence-corrected chi connectivity index (χ2v) is 7.22. The van der Waals surface area contributed by atoms with Crippen LogP contribution in [0.15, 0.2) is 48.5 Å². The van der Waals surface area contributed by atoms with Crippen molar-refractivity contribution >= 4 is 5.97 Å².